The van der Waals surface area contributed by atoms with Gasteiger partial charge in [-0.2, -0.15) is 0 Å². The van der Waals surface area contributed by atoms with Crippen LogP contribution in [0, 0.1) is 5.92 Å². The lowest BCUT2D eigenvalue weighted by molar-refractivity contribution is 0.315. The highest BCUT2D eigenvalue weighted by atomic mass is 127. The van der Waals surface area contributed by atoms with E-state index < -0.39 is 0 Å². The SMILES string of the molecule is CCNC(=NCC1CCN(C2CC2)C1)NCC.I. The Morgan fingerprint density at radius 3 is 2.39 bits per heavy atom. The molecule has 1 heterocycles. The summed E-state index contributed by atoms with van der Waals surface area (Å²) in [5.41, 5.74) is 0. The largest absolute Gasteiger partial charge is 0.357 e. The van der Waals surface area contributed by atoms with Gasteiger partial charge in [0.2, 0.25) is 0 Å². The van der Waals surface area contributed by atoms with Crippen molar-refractivity contribution in [3.8, 4) is 0 Å². The zero-order chi connectivity index (χ0) is 12.1. The van der Waals surface area contributed by atoms with E-state index in [9.17, 15) is 0 Å². The van der Waals surface area contributed by atoms with Crippen molar-refractivity contribution in [2.24, 2.45) is 10.9 Å². The van der Waals surface area contributed by atoms with Gasteiger partial charge in [0.15, 0.2) is 5.96 Å². The number of aliphatic imine (C=N–C) groups is 1. The Morgan fingerprint density at radius 2 is 1.83 bits per heavy atom. The molecule has 0 spiro atoms. The predicted octanol–water partition coefficient (Wildman–Crippen LogP) is 1.66. The van der Waals surface area contributed by atoms with Crippen molar-refractivity contribution in [3.05, 3.63) is 0 Å². The van der Waals surface area contributed by atoms with Crippen LogP contribution in [0.3, 0.4) is 0 Å². The summed E-state index contributed by atoms with van der Waals surface area (Å²) in [4.78, 5) is 7.32. The van der Waals surface area contributed by atoms with Crippen LogP contribution in [0.2, 0.25) is 0 Å². The fourth-order valence-corrected chi connectivity index (χ4v) is 2.51. The molecule has 0 amide bonds. The maximum absolute atomic E-state index is 4.67. The van der Waals surface area contributed by atoms with Gasteiger partial charge in [-0.15, -0.1) is 24.0 Å². The third-order valence-corrected chi connectivity index (χ3v) is 3.58. The first-order valence-electron chi connectivity index (χ1n) is 7.09. The Morgan fingerprint density at radius 1 is 1.17 bits per heavy atom. The third kappa shape index (κ3) is 4.91. The fourth-order valence-electron chi connectivity index (χ4n) is 2.51. The lowest BCUT2D eigenvalue weighted by Gasteiger charge is -2.14. The molecule has 0 aromatic rings. The molecule has 2 fully saturated rings. The van der Waals surface area contributed by atoms with Crippen LogP contribution < -0.4 is 10.6 Å². The molecule has 1 saturated carbocycles. The molecule has 1 unspecified atom stereocenters. The van der Waals surface area contributed by atoms with Crippen molar-refractivity contribution in [2.75, 3.05) is 32.7 Å². The van der Waals surface area contributed by atoms with Crippen LogP contribution >= 0.6 is 24.0 Å². The van der Waals surface area contributed by atoms with Gasteiger partial charge in [-0.3, -0.25) is 4.99 Å². The summed E-state index contributed by atoms with van der Waals surface area (Å²) in [7, 11) is 0. The van der Waals surface area contributed by atoms with E-state index in [2.05, 4.69) is 34.4 Å². The van der Waals surface area contributed by atoms with Crippen molar-refractivity contribution in [1.29, 1.82) is 0 Å². The number of guanidine groups is 1. The van der Waals surface area contributed by atoms with Gasteiger partial charge in [0.25, 0.3) is 0 Å². The molecule has 2 aliphatic rings. The zero-order valence-electron chi connectivity index (χ0n) is 11.6. The van der Waals surface area contributed by atoms with Crippen molar-refractivity contribution in [1.82, 2.24) is 15.5 Å². The van der Waals surface area contributed by atoms with Crippen LogP contribution in [0.5, 0.6) is 0 Å². The average molecular weight is 366 g/mol. The van der Waals surface area contributed by atoms with E-state index in [4.69, 9.17) is 0 Å². The molecular weight excluding hydrogens is 339 g/mol. The van der Waals surface area contributed by atoms with Gasteiger partial charge < -0.3 is 15.5 Å². The Hall–Kier alpha value is -0.0400. The first-order chi connectivity index (χ1) is 8.33. The number of hydrogen-bond acceptors (Lipinski definition) is 2. The van der Waals surface area contributed by atoms with E-state index in [1.807, 2.05) is 0 Å². The van der Waals surface area contributed by atoms with E-state index >= 15 is 0 Å². The summed E-state index contributed by atoms with van der Waals surface area (Å²) < 4.78 is 0. The first kappa shape index (κ1) is 16.0. The highest BCUT2D eigenvalue weighted by Gasteiger charge is 2.34. The minimum atomic E-state index is 0. The summed E-state index contributed by atoms with van der Waals surface area (Å²) >= 11 is 0. The van der Waals surface area contributed by atoms with Crippen LogP contribution in [0.25, 0.3) is 0 Å². The molecule has 0 aromatic carbocycles. The Balaban J connectivity index is 0.00000162. The summed E-state index contributed by atoms with van der Waals surface area (Å²) in [5, 5.41) is 6.56. The van der Waals surface area contributed by atoms with Crippen molar-refractivity contribution >= 4 is 29.9 Å². The number of rotatable bonds is 5. The summed E-state index contributed by atoms with van der Waals surface area (Å²) in [6.07, 6.45) is 4.18. The van der Waals surface area contributed by atoms with Crippen molar-refractivity contribution in [3.63, 3.8) is 0 Å². The Bertz CT molecular complexity index is 258. The molecule has 0 radical (unpaired) electrons. The van der Waals surface area contributed by atoms with E-state index in [0.717, 1.165) is 37.6 Å². The van der Waals surface area contributed by atoms with E-state index in [1.165, 1.54) is 32.4 Å². The molecule has 1 aliphatic carbocycles. The normalized spacial score (nSPS) is 23.3. The molecule has 106 valence electrons. The maximum Gasteiger partial charge on any atom is 0.191 e. The van der Waals surface area contributed by atoms with Crippen LogP contribution in [0.15, 0.2) is 4.99 Å². The second-order valence-electron chi connectivity index (χ2n) is 5.13. The van der Waals surface area contributed by atoms with Crippen LogP contribution in [-0.2, 0) is 0 Å². The maximum atomic E-state index is 4.67. The fraction of sp³-hybridized carbons (Fsp3) is 0.923. The molecule has 1 aliphatic heterocycles. The lowest BCUT2D eigenvalue weighted by atomic mass is 10.1. The van der Waals surface area contributed by atoms with E-state index in [1.54, 1.807) is 0 Å². The van der Waals surface area contributed by atoms with Gasteiger partial charge in [0.05, 0.1) is 0 Å². The van der Waals surface area contributed by atoms with Crippen LogP contribution in [0.1, 0.15) is 33.1 Å². The molecule has 2 rings (SSSR count). The molecule has 0 aromatic heterocycles. The first-order valence-corrected chi connectivity index (χ1v) is 7.09. The summed E-state index contributed by atoms with van der Waals surface area (Å²) in [6.45, 7) is 9.62. The molecule has 18 heavy (non-hydrogen) atoms. The highest BCUT2D eigenvalue weighted by molar-refractivity contribution is 14.0. The molecule has 4 nitrogen and oxygen atoms in total. The monoisotopic (exact) mass is 366 g/mol. The summed E-state index contributed by atoms with van der Waals surface area (Å²) in [6, 6.07) is 0.922. The minimum Gasteiger partial charge on any atom is -0.357 e. The quantitative estimate of drug-likeness (QED) is 0.442. The smallest absolute Gasteiger partial charge is 0.191 e. The topological polar surface area (TPSA) is 39.7 Å². The second-order valence-corrected chi connectivity index (χ2v) is 5.13. The van der Waals surface area contributed by atoms with Gasteiger partial charge in [0, 0.05) is 32.2 Å². The van der Waals surface area contributed by atoms with Gasteiger partial charge in [-0.1, -0.05) is 0 Å². The van der Waals surface area contributed by atoms with Crippen LogP contribution in [-0.4, -0.2) is 49.6 Å². The number of nitrogens with one attached hydrogen (secondary N) is 2. The highest BCUT2D eigenvalue weighted by Crippen LogP contribution is 2.31. The second kappa shape index (κ2) is 8.19. The molecule has 0 bridgehead atoms. The van der Waals surface area contributed by atoms with E-state index in [0.29, 0.717) is 0 Å². The van der Waals surface area contributed by atoms with Gasteiger partial charge in [-0.05, 0) is 45.6 Å². The van der Waals surface area contributed by atoms with Crippen molar-refractivity contribution < 1.29 is 0 Å². The molecular formula is C13H27IN4. The van der Waals surface area contributed by atoms with Gasteiger partial charge in [-0.25, -0.2) is 0 Å². The Labute approximate surface area is 128 Å². The summed E-state index contributed by atoms with van der Waals surface area (Å²) in [5.74, 6) is 1.74. The number of likely N-dealkylation sites (tertiary alicyclic amines) is 1. The number of hydrogen-bond donors (Lipinski definition) is 2. The molecule has 1 saturated heterocycles. The third-order valence-electron chi connectivity index (χ3n) is 3.58. The number of halogens is 1. The molecule has 1 atom stereocenters. The van der Waals surface area contributed by atoms with Crippen LogP contribution in [0.4, 0.5) is 0 Å². The Kier molecular flexibility index (Phi) is 7.29. The lowest BCUT2D eigenvalue weighted by Crippen LogP contribution is -2.37. The number of nitrogens with zero attached hydrogens (tertiary/aromatic N) is 2. The van der Waals surface area contributed by atoms with E-state index in [-0.39, 0.29) is 24.0 Å². The van der Waals surface area contributed by atoms with Crippen molar-refractivity contribution in [2.45, 2.75) is 39.2 Å². The zero-order valence-corrected chi connectivity index (χ0v) is 13.9. The van der Waals surface area contributed by atoms with Gasteiger partial charge in [0.1, 0.15) is 0 Å². The predicted molar refractivity (Wildman–Crippen MR) is 87.8 cm³/mol. The van der Waals surface area contributed by atoms with Gasteiger partial charge >= 0.3 is 0 Å². The average Bonchev–Trinajstić information content (AvgIpc) is 3.07. The standard InChI is InChI=1S/C13H26N4.HI/c1-3-14-13(15-4-2)16-9-11-7-8-17(10-11)12-5-6-12;/h11-12H,3-10H2,1-2H3,(H2,14,15,16);1H. The minimum absolute atomic E-state index is 0. The molecule has 5 heteroatoms. The molecule has 2 N–H and O–H groups in total.